The standard InChI is InChI=1S/C9H13NO.CH2O/c10-9(7-11)6-8-4-2-1-3-5-8;1-2/h1-5,9,11H,6-7,10H2;1H2/t9-;/m0./s1. The van der Waals surface area contributed by atoms with Gasteiger partial charge in [0.05, 0.1) is 6.61 Å². The summed E-state index contributed by atoms with van der Waals surface area (Å²) in [5.74, 6) is 0. The van der Waals surface area contributed by atoms with Gasteiger partial charge in [-0.2, -0.15) is 0 Å². The van der Waals surface area contributed by atoms with Crippen molar-refractivity contribution < 1.29 is 9.90 Å². The number of aliphatic hydroxyl groups is 1. The molecule has 1 aromatic rings. The monoisotopic (exact) mass is 181 g/mol. The summed E-state index contributed by atoms with van der Waals surface area (Å²) in [6.45, 7) is 2.05. The third-order valence-corrected chi connectivity index (χ3v) is 1.58. The molecule has 0 heterocycles. The SMILES string of the molecule is C=O.N[C@H](CO)Cc1ccccc1. The lowest BCUT2D eigenvalue weighted by atomic mass is 10.1. The Balaban J connectivity index is 0.000000671. The fourth-order valence-electron chi connectivity index (χ4n) is 0.981. The molecule has 3 N–H and O–H groups in total. The van der Waals surface area contributed by atoms with Crippen LogP contribution in [0.2, 0.25) is 0 Å². The molecule has 0 aliphatic heterocycles. The molecule has 1 aromatic carbocycles. The van der Waals surface area contributed by atoms with Crippen LogP contribution >= 0.6 is 0 Å². The Kier molecular flexibility index (Phi) is 6.78. The van der Waals surface area contributed by atoms with E-state index in [-0.39, 0.29) is 12.6 Å². The highest BCUT2D eigenvalue weighted by molar-refractivity contribution is 5.15. The highest BCUT2D eigenvalue weighted by Gasteiger charge is 1.99. The van der Waals surface area contributed by atoms with Gasteiger partial charge in [0, 0.05) is 6.04 Å². The molecular formula is C10H15NO2. The van der Waals surface area contributed by atoms with Crippen molar-refractivity contribution in [3.63, 3.8) is 0 Å². The summed E-state index contributed by atoms with van der Waals surface area (Å²) in [6, 6.07) is 9.80. The Hall–Kier alpha value is -1.19. The Morgan fingerprint density at radius 3 is 2.31 bits per heavy atom. The van der Waals surface area contributed by atoms with Crippen molar-refractivity contribution in [3.05, 3.63) is 35.9 Å². The molecule has 0 radical (unpaired) electrons. The molecule has 0 aliphatic carbocycles. The fourth-order valence-corrected chi connectivity index (χ4v) is 0.981. The maximum absolute atomic E-state index is 8.67. The van der Waals surface area contributed by atoms with Crippen LogP contribution in [-0.2, 0) is 11.2 Å². The van der Waals surface area contributed by atoms with Crippen molar-refractivity contribution in [2.75, 3.05) is 6.61 Å². The highest BCUT2D eigenvalue weighted by Crippen LogP contribution is 2.00. The smallest absolute Gasteiger partial charge is 0.106 e. The van der Waals surface area contributed by atoms with Crippen molar-refractivity contribution >= 4 is 6.79 Å². The van der Waals surface area contributed by atoms with E-state index in [2.05, 4.69) is 0 Å². The van der Waals surface area contributed by atoms with Crippen molar-refractivity contribution in [1.29, 1.82) is 0 Å². The molecule has 3 nitrogen and oxygen atoms in total. The topological polar surface area (TPSA) is 63.3 Å². The second kappa shape index (κ2) is 7.46. The first-order valence-corrected chi connectivity index (χ1v) is 4.02. The molecule has 0 aromatic heterocycles. The third-order valence-electron chi connectivity index (χ3n) is 1.58. The summed E-state index contributed by atoms with van der Waals surface area (Å²) in [5, 5.41) is 8.67. The summed E-state index contributed by atoms with van der Waals surface area (Å²) in [4.78, 5) is 8.00. The lowest BCUT2D eigenvalue weighted by Gasteiger charge is -2.06. The van der Waals surface area contributed by atoms with Crippen molar-refractivity contribution in [1.82, 2.24) is 0 Å². The van der Waals surface area contributed by atoms with Crippen LogP contribution in [0.15, 0.2) is 30.3 Å². The second-order valence-electron chi connectivity index (χ2n) is 2.63. The molecule has 0 saturated heterocycles. The number of benzene rings is 1. The predicted octanol–water partition coefficient (Wildman–Crippen LogP) is 0.364. The van der Waals surface area contributed by atoms with Gasteiger partial charge in [-0.25, -0.2) is 0 Å². The Bertz CT molecular complexity index is 213. The quantitative estimate of drug-likeness (QED) is 0.708. The van der Waals surface area contributed by atoms with E-state index < -0.39 is 0 Å². The summed E-state index contributed by atoms with van der Waals surface area (Å²) in [7, 11) is 0. The number of carbonyl (C=O) groups is 1. The largest absolute Gasteiger partial charge is 0.395 e. The van der Waals surface area contributed by atoms with E-state index in [1.807, 2.05) is 37.1 Å². The number of aliphatic hydroxyl groups excluding tert-OH is 1. The zero-order valence-corrected chi connectivity index (χ0v) is 7.52. The third kappa shape index (κ3) is 5.11. The predicted molar refractivity (Wildman–Crippen MR) is 52.3 cm³/mol. The Morgan fingerprint density at radius 2 is 1.85 bits per heavy atom. The second-order valence-corrected chi connectivity index (χ2v) is 2.63. The number of carbonyl (C=O) groups excluding carboxylic acids is 1. The van der Waals surface area contributed by atoms with Crippen LogP contribution in [0.3, 0.4) is 0 Å². The molecule has 1 rings (SSSR count). The van der Waals surface area contributed by atoms with Crippen LogP contribution in [0.4, 0.5) is 0 Å². The van der Waals surface area contributed by atoms with Crippen LogP contribution in [-0.4, -0.2) is 24.5 Å². The summed E-state index contributed by atoms with van der Waals surface area (Å²) >= 11 is 0. The van der Waals surface area contributed by atoms with Gasteiger partial charge < -0.3 is 15.6 Å². The van der Waals surface area contributed by atoms with Crippen LogP contribution < -0.4 is 5.73 Å². The molecule has 0 saturated carbocycles. The van der Waals surface area contributed by atoms with E-state index in [0.29, 0.717) is 0 Å². The molecule has 3 heteroatoms. The average Bonchev–Trinajstić information content (AvgIpc) is 2.22. The van der Waals surface area contributed by atoms with Crippen molar-refractivity contribution in [2.45, 2.75) is 12.5 Å². The molecule has 0 unspecified atom stereocenters. The van der Waals surface area contributed by atoms with E-state index >= 15 is 0 Å². The van der Waals surface area contributed by atoms with Gasteiger partial charge in [-0.1, -0.05) is 30.3 Å². The van der Waals surface area contributed by atoms with E-state index in [1.54, 1.807) is 0 Å². The molecular weight excluding hydrogens is 166 g/mol. The van der Waals surface area contributed by atoms with Crippen LogP contribution in [0, 0.1) is 0 Å². The highest BCUT2D eigenvalue weighted by atomic mass is 16.3. The van der Waals surface area contributed by atoms with Crippen LogP contribution in [0.5, 0.6) is 0 Å². The van der Waals surface area contributed by atoms with Gasteiger partial charge in [-0.15, -0.1) is 0 Å². The summed E-state index contributed by atoms with van der Waals surface area (Å²) < 4.78 is 0. The number of hydrogen-bond donors (Lipinski definition) is 2. The molecule has 0 fully saturated rings. The normalized spacial score (nSPS) is 11.2. The number of rotatable bonds is 3. The zero-order valence-electron chi connectivity index (χ0n) is 7.52. The lowest BCUT2D eigenvalue weighted by molar-refractivity contribution is -0.0979. The van der Waals surface area contributed by atoms with Gasteiger partial charge in [0.25, 0.3) is 0 Å². The van der Waals surface area contributed by atoms with E-state index in [1.165, 1.54) is 5.56 Å². The van der Waals surface area contributed by atoms with Crippen molar-refractivity contribution in [2.24, 2.45) is 5.73 Å². The maximum Gasteiger partial charge on any atom is 0.106 e. The van der Waals surface area contributed by atoms with Gasteiger partial charge >= 0.3 is 0 Å². The first-order valence-electron chi connectivity index (χ1n) is 4.02. The number of nitrogens with two attached hydrogens (primary N) is 1. The lowest BCUT2D eigenvalue weighted by Crippen LogP contribution is -2.26. The minimum atomic E-state index is -0.127. The fraction of sp³-hybridized carbons (Fsp3) is 0.300. The average molecular weight is 181 g/mol. The first kappa shape index (κ1) is 11.8. The van der Waals surface area contributed by atoms with Gasteiger partial charge in [-0.05, 0) is 12.0 Å². The minimum absolute atomic E-state index is 0.0505. The summed E-state index contributed by atoms with van der Waals surface area (Å²) in [6.07, 6.45) is 0.747. The van der Waals surface area contributed by atoms with Gasteiger partial charge in [0.2, 0.25) is 0 Å². The Morgan fingerprint density at radius 1 is 1.31 bits per heavy atom. The van der Waals surface area contributed by atoms with E-state index in [0.717, 1.165) is 6.42 Å². The van der Waals surface area contributed by atoms with E-state index in [9.17, 15) is 0 Å². The molecule has 0 spiro atoms. The van der Waals surface area contributed by atoms with Crippen LogP contribution in [0.25, 0.3) is 0 Å². The maximum atomic E-state index is 8.67. The van der Waals surface area contributed by atoms with Crippen LogP contribution in [0.1, 0.15) is 5.56 Å². The minimum Gasteiger partial charge on any atom is -0.395 e. The van der Waals surface area contributed by atoms with E-state index in [4.69, 9.17) is 15.6 Å². The zero-order chi connectivity index (χ0) is 10.1. The van der Waals surface area contributed by atoms with Gasteiger partial charge in [0.1, 0.15) is 6.79 Å². The Labute approximate surface area is 78.2 Å². The molecule has 0 aliphatic rings. The van der Waals surface area contributed by atoms with Gasteiger partial charge in [0.15, 0.2) is 0 Å². The molecule has 0 bridgehead atoms. The first-order chi connectivity index (χ1) is 6.33. The molecule has 0 amide bonds. The van der Waals surface area contributed by atoms with Gasteiger partial charge in [-0.3, -0.25) is 0 Å². The molecule has 13 heavy (non-hydrogen) atoms. The molecule has 72 valence electrons. The molecule has 1 atom stereocenters. The van der Waals surface area contributed by atoms with Crippen molar-refractivity contribution in [3.8, 4) is 0 Å². The number of hydrogen-bond acceptors (Lipinski definition) is 3. The summed E-state index contributed by atoms with van der Waals surface area (Å²) in [5.41, 5.74) is 6.73.